The van der Waals surface area contributed by atoms with Gasteiger partial charge in [0.05, 0.1) is 0 Å². The minimum Gasteiger partial charge on any atom is -0.384 e. The van der Waals surface area contributed by atoms with Crippen molar-refractivity contribution in [2.45, 2.75) is 44.4 Å². The summed E-state index contributed by atoms with van der Waals surface area (Å²) in [5.74, 6) is 1.13. The maximum absolute atomic E-state index is 3.54. The van der Waals surface area contributed by atoms with E-state index in [1.807, 2.05) is 11.8 Å². The predicted octanol–water partition coefficient (Wildman–Crippen LogP) is 4.79. The smallest absolute Gasteiger partial charge is 0.0478 e. The summed E-state index contributed by atoms with van der Waals surface area (Å²) in [5.41, 5.74) is 1.30. The lowest BCUT2D eigenvalue weighted by Crippen LogP contribution is -2.02. The van der Waals surface area contributed by atoms with Crippen molar-refractivity contribution in [3.05, 3.63) is 24.3 Å². The van der Waals surface area contributed by atoms with Crippen molar-refractivity contribution < 1.29 is 0 Å². The van der Waals surface area contributed by atoms with E-state index in [1.165, 1.54) is 36.3 Å². The number of benzene rings is 1. The van der Waals surface area contributed by atoms with Gasteiger partial charge in [-0.1, -0.05) is 45.2 Å². The van der Waals surface area contributed by atoms with Crippen LogP contribution in [0.15, 0.2) is 29.2 Å². The van der Waals surface area contributed by atoms with Crippen LogP contribution in [0.4, 0.5) is 5.69 Å². The number of hydrogen-bond donors (Lipinski definition) is 1. The van der Waals surface area contributed by atoms with Gasteiger partial charge in [-0.15, -0.1) is 11.8 Å². The molecule has 1 rings (SSSR count). The van der Waals surface area contributed by atoms with Gasteiger partial charge >= 0.3 is 0 Å². The molecule has 1 N–H and O–H groups in total. The second-order valence-corrected chi connectivity index (χ2v) is 5.22. The monoisotopic (exact) mass is 237 g/mol. The Morgan fingerprint density at radius 1 is 1.06 bits per heavy atom. The summed E-state index contributed by atoms with van der Waals surface area (Å²) in [5, 5.41) is 3.54. The van der Waals surface area contributed by atoms with Crippen molar-refractivity contribution >= 4 is 17.4 Å². The van der Waals surface area contributed by atoms with E-state index in [2.05, 4.69) is 43.4 Å². The third kappa shape index (κ3) is 4.93. The summed E-state index contributed by atoms with van der Waals surface area (Å²) in [7, 11) is 0. The van der Waals surface area contributed by atoms with Crippen molar-refractivity contribution in [1.29, 1.82) is 0 Å². The number of nitrogens with one attached hydrogen (secondary N) is 1. The summed E-state index contributed by atoms with van der Waals surface area (Å²) >= 11 is 1.91. The number of para-hydroxylation sites is 1. The van der Waals surface area contributed by atoms with E-state index < -0.39 is 0 Å². The summed E-state index contributed by atoms with van der Waals surface area (Å²) in [6.07, 6.45) is 5.28. The molecule has 0 unspecified atom stereocenters. The van der Waals surface area contributed by atoms with Gasteiger partial charge in [0.1, 0.15) is 0 Å². The number of thioether (sulfide) groups is 1. The van der Waals surface area contributed by atoms with Crippen LogP contribution in [0.1, 0.15) is 39.5 Å². The molecule has 2 heteroatoms. The second kappa shape index (κ2) is 8.51. The standard InChI is InChI=1S/C14H23NS/c1-3-5-6-9-12-15-13-10-7-8-11-14(13)16-4-2/h7-8,10-11,15H,3-6,9,12H2,1-2H3. The lowest BCUT2D eigenvalue weighted by Gasteiger charge is -2.10. The van der Waals surface area contributed by atoms with Crippen molar-refractivity contribution in [1.82, 2.24) is 0 Å². The molecule has 1 aromatic rings. The molecule has 1 aromatic carbocycles. The molecule has 0 aliphatic rings. The topological polar surface area (TPSA) is 12.0 Å². The summed E-state index contributed by atoms with van der Waals surface area (Å²) in [4.78, 5) is 1.38. The fourth-order valence-electron chi connectivity index (χ4n) is 1.67. The molecular weight excluding hydrogens is 214 g/mol. The highest BCUT2D eigenvalue weighted by Crippen LogP contribution is 2.26. The fraction of sp³-hybridized carbons (Fsp3) is 0.571. The fourth-order valence-corrected chi connectivity index (χ4v) is 2.45. The molecule has 0 saturated carbocycles. The zero-order valence-electron chi connectivity index (χ0n) is 10.5. The van der Waals surface area contributed by atoms with Crippen LogP contribution < -0.4 is 5.32 Å². The molecular formula is C14H23NS. The lowest BCUT2D eigenvalue weighted by atomic mass is 10.2. The first-order chi connectivity index (χ1) is 7.88. The minimum absolute atomic E-state index is 1.10. The molecule has 1 nitrogen and oxygen atoms in total. The molecule has 0 atom stereocenters. The van der Waals surface area contributed by atoms with Gasteiger partial charge in [-0.25, -0.2) is 0 Å². The summed E-state index contributed by atoms with van der Waals surface area (Å²) in [6, 6.07) is 8.59. The van der Waals surface area contributed by atoms with Gasteiger partial charge in [-0.3, -0.25) is 0 Å². The van der Waals surface area contributed by atoms with Gasteiger partial charge in [0, 0.05) is 17.1 Å². The average molecular weight is 237 g/mol. The molecule has 0 aliphatic carbocycles. The lowest BCUT2D eigenvalue weighted by molar-refractivity contribution is 0.684. The number of anilines is 1. The van der Waals surface area contributed by atoms with Crippen LogP contribution in [0.25, 0.3) is 0 Å². The van der Waals surface area contributed by atoms with Crippen LogP contribution in [-0.4, -0.2) is 12.3 Å². The quantitative estimate of drug-likeness (QED) is 0.515. The van der Waals surface area contributed by atoms with Crippen LogP contribution >= 0.6 is 11.8 Å². The first kappa shape index (κ1) is 13.4. The Morgan fingerprint density at radius 3 is 2.62 bits per heavy atom. The molecule has 0 aromatic heterocycles. The zero-order valence-corrected chi connectivity index (χ0v) is 11.3. The largest absolute Gasteiger partial charge is 0.384 e. The molecule has 0 bridgehead atoms. The van der Waals surface area contributed by atoms with Gasteiger partial charge in [0.25, 0.3) is 0 Å². The highest BCUT2D eigenvalue weighted by molar-refractivity contribution is 7.99. The zero-order chi connectivity index (χ0) is 11.6. The Morgan fingerprint density at radius 2 is 1.88 bits per heavy atom. The van der Waals surface area contributed by atoms with Gasteiger partial charge in [-0.2, -0.15) is 0 Å². The Hall–Kier alpha value is -0.630. The first-order valence-corrected chi connectivity index (χ1v) is 7.32. The third-order valence-electron chi connectivity index (χ3n) is 2.53. The highest BCUT2D eigenvalue weighted by atomic mass is 32.2. The molecule has 0 fully saturated rings. The first-order valence-electron chi connectivity index (χ1n) is 6.34. The SMILES string of the molecule is CCCCCCNc1ccccc1SCC. The number of unbranched alkanes of at least 4 members (excludes halogenated alkanes) is 3. The van der Waals surface area contributed by atoms with Gasteiger partial charge < -0.3 is 5.32 Å². The molecule has 90 valence electrons. The van der Waals surface area contributed by atoms with Crippen LogP contribution in [-0.2, 0) is 0 Å². The van der Waals surface area contributed by atoms with E-state index in [4.69, 9.17) is 0 Å². The Kier molecular flexibility index (Phi) is 7.15. The summed E-state index contributed by atoms with van der Waals surface area (Å²) < 4.78 is 0. The third-order valence-corrected chi connectivity index (χ3v) is 3.49. The van der Waals surface area contributed by atoms with Crippen LogP contribution in [0, 0.1) is 0 Å². The van der Waals surface area contributed by atoms with Crippen LogP contribution in [0.3, 0.4) is 0 Å². The van der Waals surface area contributed by atoms with Gasteiger partial charge in [-0.05, 0) is 24.3 Å². The van der Waals surface area contributed by atoms with Crippen molar-refractivity contribution in [2.24, 2.45) is 0 Å². The Bertz CT molecular complexity index is 286. The molecule has 0 radical (unpaired) electrons. The molecule has 0 amide bonds. The Balaban J connectivity index is 2.34. The molecule has 0 heterocycles. The van der Waals surface area contributed by atoms with E-state index in [0.717, 1.165) is 12.3 Å². The minimum atomic E-state index is 1.10. The predicted molar refractivity (Wildman–Crippen MR) is 75.5 cm³/mol. The van der Waals surface area contributed by atoms with E-state index in [0.29, 0.717) is 0 Å². The number of hydrogen-bond acceptors (Lipinski definition) is 2. The summed E-state index contributed by atoms with van der Waals surface area (Å²) in [6.45, 7) is 5.55. The van der Waals surface area contributed by atoms with E-state index in [1.54, 1.807) is 0 Å². The highest BCUT2D eigenvalue weighted by Gasteiger charge is 1.99. The van der Waals surface area contributed by atoms with Crippen molar-refractivity contribution in [3.63, 3.8) is 0 Å². The van der Waals surface area contributed by atoms with Gasteiger partial charge in [0.15, 0.2) is 0 Å². The number of rotatable bonds is 8. The second-order valence-electron chi connectivity index (χ2n) is 3.92. The van der Waals surface area contributed by atoms with Crippen molar-refractivity contribution in [2.75, 3.05) is 17.6 Å². The molecule has 0 aliphatic heterocycles. The maximum Gasteiger partial charge on any atom is 0.0478 e. The molecule has 0 saturated heterocycles. The van der Waals surface area contributed by atoms with Gasteiger partial charge in [0.2, 0.25) is 0 Å². The average Bonchev–Trinajstić information content (AvgIpc) is 2.31. The van der Waals surface area contributed by atoms with Crippen molar-refractivity contribution in [3.8, 4) is 0 Å². The van der Waals surface area contributed by atoms with Crippen LogP contribution in [0.2, 0.25) is 0 Å². The van der Waals surface area contributed by atoms with Crippen LogP contribution in [0.5, 0.6) is 0 Å². The molecule has 0 spiro atoms. The van der Waals surface area contributed by atoms with E-state index in [-0.39, 0.29) is 0 Å². The maximum atomic E-state index is 3.54. The van der Waals surface area contributed by atoms with E-state index >= 15 is 0 Å². The normalized spacial score (nSPS) is 10.4. The van der Waals surface area contributed by atoms with E-state index in [9.17, 15) is 0 Å². The molecule has 16 heavy (non-hydrogen) atoms. The Labute approximate surface area is 104 Å².